The molecule has 6 heteroatoms. The second-order valence-corrected chi connectivity index (χ2v) is 6.94. The van der Waals surface area contributed by atoms with E-state index < -0.39 is 0 Å². The molecule has 1 heterocycles. The monoisotopic (exact) mass is 400 g/mol. The van der Waals surface area contributed by atoms with E-state index in [2.05, 4.69) is 9.55 Å². The van der Waals surface area contributed by atoms with Gasteiger partial charge in [-0.05, 0) is 48.0 Å². The van der Waals surface area contributed by atoms with Crippen LogP contribution in [-0.4, -0.2) is 9.55 Å². The maximum Gasteiger partial charge on any atom is 0.148 e. The van der Waals surface area contributed by atoms with Gasteiger partial charge in [0.25, 0.3) is 0 Å². The molecule has 136 valence electrons. The molecule has 0 unspecified atom stereocenters. The molecule has 1 aromatic heterocycles. The number of nitrogens with zero attached hydrogens (tertiary/aromatic N) is 2. The lowest BCUT2D eigenvalue weighted by molar-refractivity contribution is 0.291. The second-order valence-electron chi connectivity index (χ2n) is 6.09. The molecule has 0 saturated carbocycles. The number of rotatable bonds is 5. The van der Waals surface area contributed by atoms with Crippen LogP contribution in [0.15, 0.2) is 66.7 Å². The van der Waals surface area contributed by atoms with Gasteiger partial charge in [-0.1, -0.05) is 47.5 Å². The summed E-state index contributed by atoms with van der Waals surface area (Å²) in [5.41, 5.74) is 2.84. The maximum atomic E-state index is 13.2. The highest BCUT2D eigenvalue weighted by Gasteiger charge is 2.13. The molecule has 27 heavy (non-hydrogen) atoms. The first-order valence-electron chi connectivity index (χ1n) is 8.36. The Bertz CT molecular complexity index is 1090. The smallest absolute Gasteiger partial charge is 0.148 e. The first-order chi connectivity index (χ1) is 13.1. The molecule has 0 fully saturated rings. The molecule has 4 aromatic rings. The number of aromatic nitrogens is 2. The molecule has 0 atom stereocenters. The zero-order valence-electron chi connectivity index (χ0n) is 14.2. The lowest BCUT2D eigenvalue weighted by atomic mass is 10.2. The third-order valence-electron chi connectivity index (χ3n) is 4.24. The van der Waals surface area contributed by atoms with Crippen molar-refractivity contribution in [3.63, 3.8) is 0 Å². The quantitative estimate of drug-likeness (QED) is 0.404. The number of imidazole rings is 1. The van der Waals surface area contributed by atoms with Crippen LogP contribution in [0.1, 0.15) is 11.4 Å². The van der Waals surface area contributed by atoms with Crippen LogP contribution in [0.5, 0.6) is 5.75 Å². The average Bonchev–Trinajstić information content (AvgIpc) is 3.00. The molecule has 0 aliphatic rings. The summed E-state index contributed by atoms with van der Waals surface area (Å²) in [7, 11) is 0. The van der Waals surface area contributed by atoms with Crippen molar-refractivity contribution < 1.29 is 9.13 Å². The van der Waals surface area contributed by atoms with Crippen LogP contribution < -0.4 is 4.74 Å². The SMILES string of the molecule is Fc1ccc(Cn2c(COc3ccc(Cl)cc3Cl)nc3ccccc32)cc1. The number of ether oxygens (including phenoxy) is 1. The van der Waals surface area contributed by atoms with E-state index in [1.165, 1.54) is 12.1 Å². The predicted octanol–water partition coefficient (Wildman–Crippen LogP) is 6.11. The van der Waals surface area contributed by atoms with Gasteiger partial charge in [0.15, 0.2) is 0 Å². The number of hydrogen-bond acceptors (Lipinski definition) is 2. The number of hydrogen-bond donors (Lipinski definition) is 0. The van der Waals surface area contributed by atoms with Crippen LogP contribution in [0, 0.1) is 5.82 Å². The summed E-state index contributed by atoms with van der Waals surface area (Å²) in [6.07, 6.45) is 0. The van der Waals surface area contributed by atoms with Crippen LogP contribution in [0.25, 0.3) is 11.0 Å². The minimum absolute atomic E-state index is 0.247. The fourth-order valence-electron chi connectivity index (χ4n) is 2.92. The molecule has 3 nitrogen and oxygen atoms in total. The van der Waals surface area contributed by atoms with Gasteiger partial charge in [0, 0.05) is 11.6 Å². The Morgan fingerprint density at radius 2 is 1.74 bits per heavy atom. The first-order valence-corrected chi connectivity index (χ1v) is 9.12. The van der Waals surface area contributed by atoms with Gasteiger partial charge in [-0.15, -0.1) is 0 Å². The Balaban J connectivity index is 1.66. The van der Waals surface area contributed by atoms with E-state index >= 15 is 0 Å². The van der Waals surface area contributed by atoms with E-state index in [9.17, 15) is 4.39 Å². The van der Waals surface area contributed by atoms with Crippen LogP contribution in [-0.2, 0) is 13.2 Å². The Labute approximate surface area is 165 Å². The minimum atomic E-state index is -0.254. The van der Waals surface area contributed by atoms with Gasteiger partial charge in [0.05, 0.1) is 16.1 Å². The normalized spacial score (nSPS) is 11.1. The summed E-state index contributed by atoms with van der Waals surface area (Å²) in [4.78, 5) is 4.68. The molecule has 0 saturated heterocycles. The lowest BCUT2D eigenvalue weighted by Crippen LogP contribution is -2.08. The first kappa shape index (κ1) is 17.8. The largest absolute Gasteiger partial charge is 0.484 e. The molecule has 0 radical (unpaired) electrons. The van der Waals surface area contributed by atoms with Gasteiger partial charge in [-0.2, -0.15) is 0 Å². The molecule has 0 amide bonds. The minimum Gasteiger partial charge on any atom is -0.484 e. The van der Waals surface area contributed by atoms with Crippen molar-refractivity contribution in [1.82, 2.24) is 9.55 Å². The van der Waals surface area contributed by atoms with Gasteiger partial charge in [-0.25, -0.2) is 9.37 Å². The Hall–Kier alpha value is -2.56. The summed E-state index contributed by atoms with van der Waals surface area (Å²) >= 11 is 12.1. The molecule has 0 spiro atoms. The summed E-state index contributed by atoms with van der Waals surface area (Å²) < 4.78 is 21.1. The predicted molar refractivity (Wildman–Crippen MR) is 106 cm³/mol. The van der Waals surface area contributed by atoms with E-state index in [4.69, 9.17) is 27.9 Å². The Kier molecular flexibility index (Phi) is 5.01. The van der Waals surface area contributed by atoms with Crippen LogP contribution >= 0.6 is 23.2 Å². The summed E-state index contributed by atoms with van der Waals surface area (Å²) in [6.45, 7) is 0.811. The molecular weight excluding hydrogens is 386 g/mol. The highest BCUT2D eigenvalue weighted by Crippen LogP contribution is 2.28. The zero-order chi connectivity index (χ0) is 18.8. The number of halogens is 3. The molecular formula is C21H15Cl2FN2O. The molecule has 0 aliphatic heterocycles. The van der Waals surface area contributed by atoms with Gasteiger partial charge in [-0.3, -0.25) is 0 Å². The maximum absolute atomic E-state index is 13.2. The van der Waals surface area contributed by atoms with E-state index in [0.29, 0.717) is 22.3 Å². The van der Waals surface area contributed by atoms with Gasteiger partial charge in [0.2, 0.25) is 0 Å². The van der Waals surface area contributed by atoms with Crippen molar-refractivity contribution in [3.05, 3.63) is 94.0 Å². The van der Waals surface area contributed by atoms with Crippen molar-refractivity contribution in [2.75, 3.05) is 0 Å². The second kappa shape index (κ2) is 7.59. The fraction of sp³-hybridized carbons (Fsp3) is 0.0952. The summed E-state index contributed by atoms with van der Waals surface area (Å²) in [6, 6.07) is 19.4. The van der Waals surface area contributed by atoms with E-state index in [1.807, 2.05) is 24.3 Å². The Morgan fingerprint density at radius 1 is 0.963 bits per heavy atom. The third-order valence-corrected chi connectivity index (χ3v) is 4.77. The highest BCUT2D eigenvalue weighted by molar-refractivity contribution is 6.35. The Morgan fingerprint density at radius 3 is 2.52 bits per heavy atom. The topological polar surface area (TPSA) is 27.1 Å². The number of benzene rings is 3. The number of para-hydroxylation sites is 2. The van der Waals surface area contributed by atoms with Crippen LogP contribution in [0.3, 0.4) is 0 Å². The van der Waals surface area contributed by atoms with E-state index in [-0.39, 0.29) is 12.4 Å². The molecule has 0 N–H and O–H groups in total. The van der Waals surface area contributed by atoms with Crippen molar-refractivity contribution in [2.24, 2.45) is 0 Å². The van der Waals surface area contributed by atoms with E-state index in [0.717, 1.165) is 22.4 Å². The zero-order valence-corrected chi connectivity index (χ0v) is 15.7. The van der Waals surface area contributed by atoms with Crippen molar-refractivity contribution >= 4 is 34.2 Å². The molecule has 4 rings (SSSR count). The lowest BCUT2D eigenvalue weighted by Gasteiger charge is -2.12. The molecule has 0 bridgehead atoms. The molecule has 0 aliphatic carbocycles. The number of fused-ring (bicyclic) bond motifs is 1. The van der Waals surface area contributed by atoms with Gasteiger partial charge >= 0.3 is 0 Å². The highest BCUT2D eigenvalue weighted by atomic mass is 35.5. The van der Waals surface area contributed by atoms with Gasteiger partial charge < -0.3 is 9.30 Å². The van der Waals surface area contributed by atoms with Gasteiger partial charge in [0.1, 0.15) is 24.0 Å². The fourth-order valence-corrected chi connectivity index (χ4v) is 3.38. The van der Waals surface area contributed by atoms with Crippen molar-refractivity contribution in [3.8, 4) is 5.75 Å². The summed E-state index contributed by atoms with van der Waals surface area (Å²) in [5, 5.41) is 1.000. The van der Waals surface area contributed by atoms with Crippen LogP contribution in [0.2, 0.25) is 10.0 Å². The summed E-state index contributed by atoms with van der Waals surface area (Å²) in [5.74, 6) is 1.04. The third kappa shape index (κ3) is 3.92. The van der Waals surface area contributed by atoms with Crippen molar-refractivity contribution in [2.45, 2.75) is 13.2 Å². The molecule has 3 aromatic carbocycles. The standard InChI is InChI=1S/C21H15Cl2FN2O/c22-15-7-10-20(17(23)11-15)27-13-21-25-18-3-1-2-4-19(18)26(21)12-14-5-8-16(24)9-6-14/h1-11H,12-13H2. The van der Waals surface area contributed by atoms with Crippen LogP contribution in [0.4, 0.5) is 4.39 Å². The van der Waals surface area contributed by atoms with Crippen molar-refractivity contribution in [1.29, 1.82) is 0 Å². The average molecular weight is 401 g/mol. The van der Waals surface area contributed by atoms with E-state index in [1.54, 1.807) is 30.3 Å².